The Kier molecular flexibility index (Phi) is 8.52. The highest BCUT2D eigenvalue weighted by atomic mass is 35.5. The number of fused-ring (bicyclic) bond motifs is 1. The fraction of sp³-hybridized carbons (Fsp3) is 0.194. The zero-order valence-electron chi connectivity index (χ0n) is 22.4. The summed E-state index contributed by atoms with van der Waals surface area (Å²) in [5, 5.41) is 1.06. The first-order valence-corrected chi connectivity index (χ1v) is 15.5. The van der Waals surface area contributed by atoms with Crippen LogP contribution in [0.4, 0.5) is 5.69 Å². The molecule has 5 rings (SSSR count). The predicted molar refractivity (Wildman–Crippen MR) is 164 cm³/mol. The summed E-state index contributed by atoms with van der Waals surface area (Å²) in [6, 6.07) is 23.5. The Morgan fingerprint density at radius 1 is 0.951 bits per heavy atom. The van der Waals surface area contributed by atoms with Crippen LogP contribution in [-0.4, -0.2) is 32.9 Å². The lowest BCUT2D eigenvalue weighted by molar-refractivity contribution is 0.0677. The maximum absolute atomic E-state index is 14.2. The van der Waals surface area contributed by atoms with E-state index >= 15 is 0 Å². The summed E-state index contributed by atoms with van der Waals surface area (Å²) in [5.41, 5.74) is 3.26. The highest BCUT2D eigenvalue weighted by molar-refractivity contribution is 7.93. The van der Waals surface area contributed by atoms with Crippen LogP contribution in [-0.2, 0) is 23.0 Å². The fourth-order valence-corrected chi connectivity index (χ4v) is 7.76. The molecule has 0 saturated carbocycles. The summed E-state index contributed by atoms with van der Waals surface area (Å²) in [6.45, 7) is 2.39. The van der Waals surface area contributed by atoms with Crippen molar-refractivity contribution in [2.24, 2.45) is 0 Å². The molecule has 4 aromatic carbocycles. The molecule has 1 unspecified atom stereocenters. The number of sulfonamides is 1. The van der Waals surface area contributed by atoms with Crippen LogP contribution in [0.25, 0.3) is 0 Å². The van der Waals surface area contributed by atoms with Crippen LogP contribution in [0.1, 0.15) is 40.0 Å². The average molecular weight is 630 g/mol. The van der Waals surface area contributed by atoms with Gasteiger partial charge in [-0.3, -0.25) is 9.10 Å². The van der Waals surface area contributed by atoms with Crippen molar-refractivity contribution in [2.45, 2.75) is 30.8 Å². The summed E-state index contributed by atoms with van der Waals surface area (Å²) in [5.74, 6) is 0.275. The predicted octanol–water partition coefficient (Wildman–Crippen LogP) is 7.81. The van der Waals surface area contributed by atoms with E-state index in [1.54, 1.807) is 48.4 Å². The first-order valence-electron chi connectivity index (χ1n) is 12.9. The van der Waals surface area contributed by atoms with Gasteiger partial charge in [-0.25, -0.2) is 8.42 Å². The number of ether oxygens (including phenoxy) is 1. The third-order valence-electron chi connectivity index (χ3n) is 7.22. The molecule has 0 radical (unpaired) electrons. The summed E-state index contributed by atoms with van der Waals surface area (Å²) in [7, 11) is -2.67. The number of methoxy groups -OCH3 is 1. The molecule has 1 aliphatic heterocycles. The lowest BCUT2D eigenvalue weighted by Crippen LogP contribution is -2.39. The zero-order valence-corrected chi connectivity index (χ0v) is 25.4. The molecule has 41 heavy (non-hydrogen) atoms. The van der Waals surface area contributed by atoms with Gasteiger partial charge in [0.25, 0.3) is 15.9 Å². The molecular weight excluding hydrogens is 603 g/mol. The van der Waals surface area contributed by atoms with E-state index < -0.39 is 10.0 Å². The van der Waals surface area contributed by atoms with Crippen LogP contribution in [0, 0.1) is 0 Å². The van der Waals surface area contributed by atoms with E-state index in [0.717, 1.165) is 16.7 Å². The number of anilines is 1. The number of carbonyl (C=O) groups excluding carboxylic acids is 1. The average Bonchev–Trinajstić information content (AvgIpc) is 2.96. The summed E-state index contributed by atoms with van der Waals surface area (Å²) in [4.78, 5) is 15.3. The molecule has 10 heteroatoms. The molecule has 0 aliphatic carbocycles. The van der Waals surface area contributed by atoms with E-state index in [1.807, 2.05) is 43.3 Å². The number of nitrogens with zero attached hydrogens (tertiary/aromatic N) is 2. The monoisotopic (exact) mass is 628 g/mol. The Morgan fingerprint density at radius 3 is 2.34 bits per heavy atom. The number of hydrogen-bond donors (Lipinski definition) is 0. The van der Waals surface area contributed by atoms with Crippen LogP contribution < -0.4 is 9.04 Å². The van der Waals surface area contributed by atoms with Crippen molar-refractivity contribution in [3.8, 4) is 5.75 Å². The van der Waals surface area contributed by atoms with E-state index in [-0.39, 0.29) is 34.0 Å². The number of carbonyl (C=O) groups is 1. The van der Waals surface area contributed by atoms with Gasteiger partial charge < -0.3 is 9.64 Å². The molecule has 1 heterocycles. The van der Waals surface area contributed by atoms with Gasteiger partial charge in [-0.1, -0.05) is 65.1 Å². The number of benzene rings is 4. The molecule has 212 valence electrons. The zero-order chi connectivity index (χ0) is 29.3. The minimum atomic E-state index is -4.21. The second kappa shape index (κ2) is 11.9. The number of halogens is 3. The third-order valence-corrected chi connectivity index (χ3v) is 10.0. The van der Waals surface area contributed by atoms with Gasteiger partial charge in [0.2, 0.25) is 0 Å². The third kappa shape index (κ3) is 5.90. The first-order chi connectivity index (χ1) is 19.6. The van der Waals surface area contributed by atoms with Crippen LogP contribution in [0.3, 0.4) is 0 Å². The van der Waals surface area contributed by atoms with E-state index in [9.17, 15) is 13.2 Å². The summed E-state index contributed by atoms with van der Waals surface area (Å²) >= 11 is 19.2. The van der Waals surface area contributed by atoms with Crippen molar-refractivity contribution in [2.75, 3.05) is 18.0 Å². The number of hydrogen-bond acceptors (Lipinski definition) is 4. The quantitative estimate of drug-likeness (QED) is 0.209. The van der Waals surface area contributed by atoms with Crippen LogP contribution >= 0.6 is 34.8 Å². The molecule has 0 bridgehead atoms. The van der Waals surface area contributed by atoms with Gasteiger partial charge in [-0.15, -0.1) is 0 Å². The highest BCUT2D eigenvalue weighted by Crippen LogP contribution is 2.38. The van der Waals surface area contributed by atoms with E-state index in [4.69, 9.17) is 39.5 Å². The van der Waals surface area contributed by atoms with Gasteiger partial charge in [0.15, 0.2) is 0 Å². The molecule has 0 aromatic heterocycles. The smallest absolute Gasteiger partial charge is 0.266 e. The molecule has 6 nitrogen and oxygen atoms in total. The molecule has 0 saturated heterocycles. The summed E-state index contributed by atoms with van der Waals surface area (Å²) in [6.07, 6.45) is 0.576. The Balaban J connectivity index is 1.52. The molecule has 1 amide bonds. The molecule has 0 spiro atoms. The molecule has 4 aromatic rings. The van der Waals surface area contributed by atoms with E-state index in [1.165, 1.54) is 16.4 Å². The first kappa shape index (κ1) is 29.3. The SMILES string of the molecule is COc1ccc(N(Cc2ccccc2)S(=O)(=O)c2cc(C(=O)N3CCc4cc(Cl)cc(Cl)c4C3C)ccc2Cl)cc1. The topological polar surface area (TPSA) is 66.9 Å². The highest BCUT2D eigenvalue weighted by Gasteiger charge is 2.33. The van der Waals surface area contributed by atoms with Gasteiger partial charge >= 0.3 is 0 Å². The van der Waals surface area contributed by atoms with Gasteiger partial charge in [0.05, 0.1) is 30.4 Å². The van der Waals surface area contributed by atoms with Crippen molar-refractivity contribution in [3.63, 3.8) is 0 Å². The minimum Gasteiger partial charge on any atom is -0.497 e. The Bertz CT molecular complexity index is 1700. The number of rotatable bonds is 7. The van der Waals surface area contributed by atoms with Crippen molar-refractivity contribution < 1.29 is 17.9 Å². The standard InChI is InChI=1S/C31H27Cl3N2O4S/c1-20-30-22(16-24(32)18-28(30)34)14-15-35(20)31(37)23-8-13-27(33)29(17-23)41(38,39)36(19-21-6-4-3-5-7-21)25-9-11-26(40-2)12-10-25/h3-13,16-18,20H,14-15,19H2,1-2H3. The fourth-order valence-electron chi connectivity index (χ4n) is 5.11. The van der Waals surface area contributed by atoms with Gasteiger partial charge in [0, 0.05) is 22.2 Å². The molecular formula is C31H27Cl3N2O4S. The minimum absolute atomic E-state index is 0.0165. The van der Waals surface area contributed by atoms with Crippen molar-refractivity contribution in [1.82, 2.24) is 4.90 Å². The van der Waals surface area contributed by atoms with Gasteiger partial charge in [0.1, 0.15) is 10.6 Å². The van der Waals surface area contributed by atoms with Crippen LogP contribution in [0.2, 0.25) is 15.1 Å². The maximum atomic E-state index is 14.2. The van der Waals surface area contributed by atoms with Crippen molar-refractivity contribution in [3.05, 3.63) is 122 Å². The van der Waals surface area contributed by atoms with E-state index in [2.05, 4.69) is 0 Å². The maximum Gasteiger partial charge on any atom is 0.266 e. The Morgan fingerprint density at radius 2 is 1.66 bits per heavy atom. The Labute approximate surface area is 255 Å². The lowest BCUT2D eigenvalue weighted by atomic mass is 9.93. The van der Waals surface area contributed by atoms with Crippen LogP contribution in [0.15, 0.2) is 89.8 Å². The van der Waals surface area contributed by atoms with Gasteiger partial charge in [-0.2, -0.15) is 0 Å². The molecule has 1 atom stereocenters. The summed E-state index contributed by atoms with van der Waals surface area (Å²) < 4.78 is 35.0. The van der Waals surface area contributed by atoms with Crippen molar-refractivity contribution in [1.29, 1.82) is 0 Å². The second-order valence-electron chi connectivity index (χ2n) is 9.73. The normalized spacial score (nSPS) is 14.9. The lowest BCUT2D eigenvalue weighted by Gasteiger charge is -2.36. The second-order valence-corrected chi connectivity index (χ2v) is 12.8. The molecule has 0 N–H and O–H groups in total. The molecule has 0 fully saturated rings. The van der Waals surface area contributed by atoms with Crippen LogP contribution in [0.5, 0.6) is 5.75 Å². The molecule has 1 aliphatic rings. The van der Waals surface area contributed by atoms with Crippen molar-refractivity contribution >= 4 is 56.4 Å². The number of amides is 1. The Hall–Kier alpha value is -3.23. The van der Waals surface area contributed by atoms with E-state index in [0.29, 0.717) is 34.4 Å². The largest absolute Gasteiger partial charge is 0.497 e. The van der Waals surface area contributed by atoms with Gasteiger partial charge in [-0.05, 0) is 84.6 Å².